The molecule has 0 saturated heterocycles. The second-order valence-corrected chi connectivity index (χ2v) is 9.36. The normalized spacial score (nSPS) is 35.0. The van der Waals surface area contributed by atoms with Crippen molar-refractivity contribution in [2.24, 2.45) is 29.6 Å². The number of amides is 1. The third-order valence-electron chi connectivity index (χ3n) is 6.67. The van der Waals surface area contributed by atoms with Gasteiger partial charge < -0.3 is 5.32 Å². The zero-order valence-corrected chi connectivity index (χ0v) is 15.4. The lowest BCUT2D eigenvalue weighted by Crippen LogP contribution is -2.16. The third kappa shape index (κ3) is 2.57. The molecule has 2 aromatic carbocycles. The summed E-state index contributed by atoms with van der Waals surface area (Å²) < 4.78 is -0.489. The van der Waals surface area contributed by atoms with Gasteiger partial charge in [0.05, 0.1) is 0 Å². The highest BCUT2D eigenvalue weighted by Crippen LogP contribution is 2.67. The Kier molecular flexibility index (Phi) is 3.59. The van der Waals surface area contributed by atoms with Gasteiger partial charge in [-0.3, -0.25) is 4.79 Å². The number of anilines is 1. The maximum absolute atomic E-state index is 12.9. The molecule has 1 N–H and O–H groups in total. The van der Waals surface area contributed by atoms with E-state index in [9.17, 15) is 4.79 Å². The van der Waals surface area contributed by atoms with Crippen molar-refractivity contribution < 1.29 is 4.79 Å². The van der Waals surface area contributed by atoms with E-state index in [1.807, 2.05) is 24.3 Å². The van der Waals surface area contributed by atoms with Gasteiger partial charge in [-0.25, -0.2) is 0 Å². The van der Waals surface area contributed by atoms with Crippen molar-refractivity contribution in [3.63, 3.8) is 0 Å². The second-order valence-electron chi connectivity index (χ2n) is 7.91. The first-order chi connectivity index (χ1) is 12.1. The number of fused-ring (bicyclic) bond motifs is 3. The molecule has 5 atom stereocenters. The number of halogens is 2. The molecule has 2 aromatic rings. The number of nitrogens with one attached hydrogen (secondary N) is 1. The highest BCUT2D eigenvalue weighted by Gasteiger charge is 2.65. The molecule has 4 heteroatoms. The Hall–Kier alpha value is -1.25. The van der Waals surface area contributed by atoms with E-state index in [4.69, 9.17) is 23.2 Å². The number of hydrogen-bond acceptors (Lipinski definition) is 1. The molecule has 3 saturated carbocycles. The SMILES string of the molecule is O=C(Nc1cccc2ccccc12)C1[C@@H]2CC[C@@H]3[C@H](CC[C@@H]12)C3(Cl)Cl. The third-order valence-corrected chi connectivity index (χ3v) is 7.79. The molecule has 3 fully saturated rings. The summed E-state index contributed by atoms with van der Waals surface area (Å²) >= 11 is 12.7. The van der Waals surface area contributed by atoms with E-state index < -0.39 is 4.33 Å². The number of alkyl halides is 2. The van der Waals surface area contributed by atoms with Crippen molar-refractivity contribution in [3.05, 3.63) is 42.5 Å². The molecule has 1 unspecified atom stereocenters. The molecule has 5 rings (SSSR count). The topological polar surface area (TPSA) is 29.1 Å². The summed E-state index contributed by atoms with van der Waals surface area (Å²) in [6, 6.07) is 14.3. The molecule has 2 nitrogen and oxygen atoms in total. The maximum Gasteiger partial charge on any atom is 0.228 e. The molecular weight excluding hydrogens is 353 g/mol. The van der Waals surface area contributed by atoms with Gasteiger partial charge in [0.1, 0.15) is 4.33 Å². The van der Waals surface area contributed by atoms with Crippen LogP contribution in [0, 0.1) is 29.6 Å². The van der Waals surface area contributed by atoms with Gasteiger partial charge in [0.25, 0.3) is 0 Å². The molecule has 3 aliphatic rings. The minimum absolute atomic E-state index is 0.163. The molecule has 0 spiro atoms. The van der Waals surface area contributed by atoms with Crippen LogP contribution >= 0.6 is 23.2 Å². The average molecular weight is 374 g/mol. The van der Waals surface area contributed by atoms with Crippen molar-refractivity contribution in [1.82, 2.24) is 0 Å². The van der Waals surface area contributed by atoms with E-state index in [0.717, 1.165) is 42.1 Å². The summed E-state index contributed by atoms with van der Waals surface area (Å²) in [6.07, 6.45) is 4.30. The van der Waals surface area contributed by atoms with Crippen LogP contribution in [0.3, 0.4) is 0 Å². The van der Waals surface area contributed by atoms with Gasteiger partial charge in [0, 0.05) is 17.0 Å². The molecule has 25 heavy (non-hydrogen) atoms. The molecule has 0 aromatic heterocycles. The molecule has 1 amide bonds. The lowest BCUT2D eigenvalue weighted by Gasteiger charge is -2.09. The summed E-state index contributed by atoms with van der Waals surface area (Å²) in [6.45, 7) is 0. The molecule has 0 aliphatic heterocycles. The second kappa shape index (κ2) is 5.62. The number of carbonyl (C=O) groups is 1. The van der Waals surface area contributed by atoms with E-state index in [-0.39, 0.29) is 11.8 Å². The fourth-order valence-corrected chi connectivity index (χ4v) is 6.08. The van der Waals surface area contributed by atoms with Crippen molar-refractivity contribution in [2.45, 2.75) is 30.0 Å². The quantitative estimate of drug-likeness (QED) is 0.678. The van der Waals surface area contributed by atoms with Gasteiger partial charge in [-0.1, -0.05) is 36.4 Å². The fourth-order valence-electron chi connectivity index (χ4n) is 5.16. The van der Waals surface area contributed by atoms with Gasteiger partial charge in [-0.15, -0.1) is 23.2 Å². The van der Waals surface area contributed by atoms with Crippen LogP contribution < -0.4 is 5.32 Å². The fraction of sp³-hybridized carbons (Fsp3) is 0.476. The Balaban J connectivity index is 1.30. The minimum atomic E-state index is -0.489. The van der Waals surface area contributed by atoms with Crippen LogP contribution in [0.5, 0.6) is 0 Å². The first kappa shape index (κ1) is 16.0. The molecule has 0 bridgehead atoms. The Labute approximate surface area is 157 Å². The van der Waals surface area contributed by atoms with E-state index in [1.54, 1.807) is 0 Å². The lowest BCUT2D eigenvalue weighted by atomic mass is 10.0. The number of rotatable bonds is 2. The summed E-state index contributed by atoms with van der Waals surface area (Å²) in [5.74, 6) is 2.26. The van der Waals surface area contributed by atoms with Gasteiger partial charge in [-0.05, 0) is 60.8 Å². The minimum Gasteiger partial charge on any atom is -0.325 e. The van der Waals surface area contributed by atoms with Crippen LogP contribution in [-0.4, -0.2) is 10.2 Å². The van der Waals surface area contributed by atoms with Crippen LogP contribution in [0.1, 0.15) is 25.7 Å². The van der Waals surface area contributed by atoms with E-state index in [1.165, 1.54) is 0 Å². The summed E-state index contributed by atoms with van der Waals surface area (Å²) in [5, 5.41) is 5.45. The van der Waals surface area contributed by atoms with Crippen molar-refractivity contribution in [3.8, 4) is 0 Å². The zero-order chi connectivity index (χ0) is 17.2. The maximum atomic E-state index is 12.9. The highest BCUT2D eigenvalue weighted by atomic mass is 35.5. The predicted molar refractivity (Wildman–Crippen MR) is 103 cm³/mol. The lowest BCUT2D eigenvalue weighted by molar-refractivity contribution is -0.117. The van der Waals surface area contributed by atoms with Crippen LogP contribution in [0.15, 0.2) is 42.5 Å². The summed E-state index contributed by atoms with van der Waals surface area (Å²) in [4.78, 5) is 12.9. The first-order valence-electron chi connectivity index (χ1n) is 9.24. The highest BCUT2D eigenvalue weighted by molar-refractivity contribution is 6.51. The Morgan fingerprint density at radius 1 is 0.920 bits per heavy atom. The summed E-state index contributed by atoms with van der Waals surface area (Å²) in [5.41, 5.74) is 0.922. The molecule has 0 heterocycles. The summed E-state index contributed by atoms with van der Waals surface area (Å²) in [7, 11) is 0. The first-order valence-corrected chi connectivity index (χ1v) is 9.99. The number of carbonyl (C=O) groups excluding carboxylic acids is 1. The van der Waals surface area contributed by atoms with E-state index >= 15 is 0 Å². The van der Waals surface area contributed by atoms with Gasteiger partial charge >= 0.3 is 0 Å². The van der Waals surface area contributed by atoms with Gasteiger partial charge in [0.2, 0.25) is 5.91 Å². The van der Waals surface area contributed by atoms with Crippen molar-refractivity contribution in [2.75, 3.05) is 5.32 Å². The number of benzene rings is 2. The standard InChI is InChI=1S/C21H21Cl2NO/c22-21(23)16-10-8-14-15(9-11-17(16)21)19(14)20(25)24-18-7-3-5-12-4-1-2-6-13(12)18/h1-7,14-17,19H,8-11H2,(H,24,25)/t14-,15-,16-,17+,19?/m1/s1. The van der Waals surface area contributed by atoms with Gasteiger partial charge in [0.15, 0.2) is 0 Å². The Bertz CT molecular complexity index is 821. The van der Waals surface area contributed by atoms with E-state index in [2.05, 4.69) is 23.5 Å². The van der Waals surface area contributed by atoms with Crippen LogP contribution in [0.4, 0.5) is 5.69 Å². The van der Waals surface area contributed by atoms with Crippen LogP contribution in [0.2, 0.25) is 0 Å². The molecular formula is C21H21Cl2NO. The van der Waals surface area contributed by atoms with E-state index in [0.29, 0.717) is 23.7 Å². The Morgan fingerprint density at radius 3 is 2.28 bits per heavy atom. The average Bonchev–Trinajstić information content (AvgIpc) is 3.40. The van der Waals surface area contributed by atoms with Crippen molar-refractivity contribution >= 4 is 45.6 Å². The largest absolute Gasteiger partial charge is 0.325 e. The zero-order valence-electron chi connectivity index (χ0n) is 13.9. The molecule has 0 radical (unpaired) electrons. The Morgan fingerprint density at radius 2 is 1.56 bits per heavy atom. The monoisotopic (exact) mass is 373 g/mol. The smallest absolute Gasteiger partial charge is 0.228 e. The van der Waals surface area contributed by atoms with Crippen LogP contribution in [-0.2, 0) is 4.79 Å². The molecule has 3 aliphatic carbocycles. The molecule has 130 valence electrons. The predicted octanol–water partition coefficient (Wildman–Crippen LogP) is 5.63. The van der Waals surface area contributed by atoms with Crippen LogP contribution in [0.25, 0.3) is 10.8 Å². The van der Waals surface area contributed by atoms with Gasteiger partial charge in [-0.2, -0.15) is 0 Å². The van der Waals surface area contributed by atoms with Crippen molar-refractivity contribution in [1.29, 1.82) is 0 Å². The number of hydrogen-bond donors (Lipinski definition) is 1.